The SMILES string of the molecule is COc1cccc(C2CC(O)CN2CC2CCOCC2)c1. The highest BCUT2D eigenvalue weighted by Gasteiger charge is 2.33. The number of β-amino-alcohol motifs (C(OH)–C–C–N with tert-alkyl or cyclic N) is 1. The summed E-state index contributed by atoms with van der Waals surface area (Å²) in [6.07, 6.45) is 2.87. The number of rotatable bonds is 4. The van der Waals surface area contributed by atoms with E-state index in [2.05, 4.69) is 17.0 Å². The summed E-state index contributed by atoms with van der Waals surface area (Å²) in [6, 6.07) is 8.54. The first-order valence-corrected chi connectivity index (χ1v) is 7.90. The van der Waals surface area contributed by atoms with Gasteiger partial charge in [-0.15, -0.1) is 0 Å². The molecule has 3 rings (SSSR count). The van der Waals surface area contributed by atoms with Crippen molar-refractivity contribution in [3.8, 4) is 5.75 Å². The van der Waals surface area contributed by atoms with Crippen LogP contribution in [0.1, 0.15) is 30.9 Å². The van der Waals surface area contributed by atoms with Crippen LogP contribution in [0, 0.1) is 5.92 Å². The quantitative estimate of drug-likeness (QED) is 0.924. The first kappa shape index (κ1) is 14.8. The first-order chi connectivity index (χ1) is 10.3. The Hall–Kier alpha value is -1.10. The van der Waals surface area contributed by atoms with Crippen LogP contribution in [0.4, 0.5) is 0 Å². The topological polar surface area (TPSA) is 41.9 Å². The fourth-order valence-electron chi connectivity index (χ4n) is 3.54. The summed E-state index contributed by atoms with van der Waals surface area (Å²) in [5, 5.41) is 10.1. The zero-order valence-corrected chi connectivity index (χ0v) is 12.7. The molecule has 4 heteroatoms. The van der Waals surface area contributed by atoms with Crippen molar-refractivity contribution < 1.29 is 14.6 Å². The Morgan fingerprint density at radius 1 is 1.33 bits per heavy atom. The van der Waals surface area contributed by atoms with E-state index in [1.54, 1.807) is 7.11 Å². The van der Waals surface area contributed by atoms with Crippen LogP contribution < -0.4 is 4.74 Å². The second-order valence-corrected chi connectivity index (χ2v) is 6.19. The number of benzene rings is 1. The number of nitrogens with zero attached hydrogens (tertiary/aromatic N) is 1. The highest BCUT2D eigenvalue weighted by Crippen LogP contribution is 2.35. The van der Waals surface area contributed by atoms with Gasteiger partial charge < -0.3 is 14.6 Å². The average Bonchev–Trinajstić information content (AvgIpc) is 2.89. The number of hydrogen-bond donors (Lipinski definition) is 1. The summed E-state index contributed by atoms with van der Waals surface area (Å²) in [6.45, 7) is 3.59. The van der Waals surface area contributed by atoms with E-state index >= 15 is 0 Å². The molecule has 2 aliphatic heterocycles. The Morgan fingerprint density at radius 3 is 2.90 bits per heavy atom. The maximum absolute atomic E-state index is 10.1. The van der Waals surface area contributed by atoms with Crippen molar-refractivity contribution in [3.05, 3.63) is 29.8 Å². The van der Waals surface area contributed by atoms with Gasteiger partial charge in [0.15, 0.2) is 0 Å². The molecule has 116 valence electrons. The van der Waals surface area contributed by atoms with Gasteiger partial charge in [0.05, 0.1) is 13.2 Å². The first-order valence-electron chi connectivity index (χ1n) is 7.90. The third kappa shape index (κ3) is 3.57. The number of methoxy groups -OCH3 is 1. The molecule has 0 spiro atoms. The molecular weight excluding hydrogens is 266 g/mol. The Morgan fingerprint density at radius 2 is 2.14 bits per heavy atom. The molecule has 4 nitrogen and oxygen atoms in total. The van der Waals surface area contributed by atoms with Gasteiger partial charge in [0, 0.05) is 32.3 Å². The van der Waals surface area contributed by atoms with Crippen molar-refractivity contribution in [2.75, 3.05) is 33.4 Å². The van der Waals surface area contributed by atoms with E-state index in [0.717, 1.165) is 51.3 Å². The van der Waals surface area contributed by atoms with E-state index in [-0.39, 0.29) is 6.10 Å². The molecule has 1 N–H and O–H groups in total. The maximum atomic E-state index is 10.1. The lowest BCUT2D eigenvalue weighted by molar-refractivity contribution is 0.0492. The molecule has 2 unspecified atom stereocenters. The Balaban J connectivity index is 1.71. The molecule has 2 heterocycles. The Bertz CT molecular complexity index is 459. The third-order valence-corrected chi connectivity index (χ3v) is 4.69. The number of ether oxygens (including phenoxy) is 2. The molecule has 0 bridgehead atoms. The summed E-state index contributed by atoms with van der Waals surface area (Å²) >= 11 is 0. The summed E-state index contributed by atoms with van der Waals surface area (Å²) in [5.74, 6) is 1.58. The van der Waals surface area contributed by atoms with Crippen molar-refractivity contribution in [1.29, 1.82) is 0 Å². The zero-order valence-electron chi connectivity index (χ0n) is 12.7. The van der Waals surface area contributed by atoms with Crippen LogP contribution in [0.3, 0.4) is 0 Å². The van der Waals surface area contributed by atoms with Gasteiger partial charge in [-0.1, -0.05) is 12.1 Å². The van der Waals surface area contributed by atoms with Gasteiger partial charge in [-0.25, -0.2) is 0 Å². The largest absolute Gasteiger partial charge is 0.497 e. The van der Waals surface area contributed by atoms with Crippen LogP contribution in [-0.4, -0.2) is 49.5 Å². The van der Waals surface area contributed by atoms with Crippen molar-refractivity contribution in [2.45, 2.75) is 31.4 Å². The summed E-state index contributed by atoms with van der Waals surface area (Å²) in [4.78, 5) is 2.44. The minimum atomic E-state index is -0.221. The Kier molecular flexibility index (Phi) is 4.78. The maximum Gasteiger partial charge on any atom is 0.119 e. The Labute approximate surface area is 126 Å². The molecule has 1 aromatic carbocycles. The van der Waals surface area contributed by atoms with Gasteiger partial charge in [0.2, 0.25) is 0 Å². The summed E-state index contributed by atoms with van der Waals surface area (Å²) in [5.41, 5.74) is 1.25. The van der Waals surface area contributed by atoms with Crippen LogP contribution in [-0.2, 0) is 4.74 Å². The van der Waals surface area contributed by atoms with Gasteiger partial charge in [-0.3, -0.25) is 4.90 Å². The third-order valence-electron chi connectivity index (χ3n) is 4.69. The van der Waals surface area contributed by atoms with Gasteiger partial charge in [0.1, 0.15) is 5.75 Å². The van der Waals surface area contributed by atoms with Gasteiger partial charge in [-0.05, 0) is 42.9 Å². The van der Waals surface area contributed by atoms with Crippen molar-refractivity contribution in [2.24, 2.45) is 5.92 Å². The van der Waals surface area contributed by atoms with Crippen LogP contribution in [0.25, 0.3) is 0 Å². The normalized spacial score (nSPS) is 27.9. The monoisotopic (exact) mass is 291 g/mol. The summed E-state index contributed by atoms with van der Waals surface area (Å²) < 4.78 is 10.8. The summed E-state index contributed by atoms with van der Waals surface area (Å²) in [7, 11) is 1.70. The molecule has 0 saturated carbocycles. The molecule has 1 aromatic rings. The molecule has 2 atom stereocenters. The number of hydrogen-bond acceptors (Lipinski definition) is 4. The molecule has 0 aromatic heterocycles. The van der Waals surface area contributed by atoms with Crippen molar-refractivity contribution in [3.63, 3.8) is 0 Å². The standard InChI is InChI=1S/C17H25NO3/c1-20-16-4-2-3-14(9-16)17-10-15(19)12-18(17)11-13-5-7-21-8-6-13/h2-4,9,13,15,17,19H,5-8,10-12H2,1H3. The minimum Gasteiger partial charge on any atom is -0.497 e. The molecule has 21 heavy (non-hydrogen) atoms. The van der Waals surface area contributed by atoms with Gasteiger partial charge in [0.25, 0.3) is 0 Å². The molecule has 0 radical (unpaired) electrons. The lowest BCUT2D eigenvalue weighted by atomic mass is 9.98. The van der Waals surface area contributed by atoms with E-state index in [4.69, 9.17) is 9.47 Å². The smallest absolute Gasteiger partial charge is 0.119 e. The zero-order chi connectivity index (χ0) is 14.7. The van der Waals surface area contributed by atoms with Crippen LogP contribution in [0.15, 0.2) is 24.3 Å². The minimum absolute atomic E-state index is 0.221. The number of aliphatic hydroxyl groups excluding tert-OH is 1. The lowest BCUT2D eigenvalue weighted by Crippen LogP contribution is -2.33. The van der Waals surface area contributed by atoms with Crippen LogP contribution >= 0.6 is 0 Å². The van der Waals surface area contributed by atoms with Crippen LogP contribution in [0.2, 0.25) is 0 Å². The average molecular weight is 291 g/mol. The van der Waals surface area contributed by atoms with E-state index in [1.807, 2.05) is 12.1 Å². The van der Waals surface area contributed by atoms with E-state index in [0.29, 0.717) is 12.0 Å². The molecular formula is C17H25NO3. The predicted molar refractivity (Wildman–Crippen MR) is 81.5 cm³/mol. The second-order valence-electron chi connectivity index (χ2n) is 6.19. The van der Waals surface area contributed by atoms with E-state index < -0.39 is 0 Å². The fourth-order valence-corrected chi connectivity index (χ4v) is 3.54. The van der Waals surface area contributed by atoms with Crippen LogP contribution in [0.5, 0.6) is 5.75 Å². The molecule has 2 aliphatic rings. The molecule has 2 fully saturated rings. The highest BCUT2D eigenvalue weighted by molar-refractivity contribution is 5.31. The van der Waals surface area contributed by atoms with E-state index in [9.17, 15) is 5.11 Å². The number of likely N-dealkylation sites (tertiary alicyclic amines) is 1. The van der Waals surface area contributed by atoms with Crippen molar-refractivity contribution in [1.82, 2.24) is 4.90 Å². The van der Waals surface area contributed by atoms with Crippen molar-refractivity contribution >= 4 is 0 Å². The fraction of sp³-hybridized carbons (Fsp3) is 0.647. The lowest BCUT2D eigenvalue weighted by Gasteiger charge is -2.31. The van der Waals surface area contributed by atoms with Gasteiger partial charge >= 0.3 is 0 Å². The molecule has 0 aliphatic carbocycles. The molecule has 2 saturated heterocycles. The van der Waals surface area contributed by atoms with E-state index in [1.165, 1.54) is 5.56 Å². The van der Waals surface area contributed by atoms with Gasteiger partial charge in [-0.2, -0.15) is 0 Å². The highest BCUT2D eigenvalue weighted by atomic mass is 16.5. The number of aliphatic hydroxyl groups is 1. The second kappa shape index (κ2) is 6.77. The predicted octanol–water partition coefficient (Wildman–Crippen LogP) is 2.23. The molecule has 0 amide bonds.